The maximum atomic E-state index is 13.7. The number of halogens is 2. The Labute approximate surface area is 102 Å². The summed E-state index contributed by atoms with van der Waals surface area (Å²) in [7, 11) is 0. The fourth-order valence-electron chi connectivity index (χ4n) is 1.88. The summed E-state index contributed by atoms with van der Waals surface area (Å²) < 4.78 is 14.5. The lowest BCUT2D eigenvalue weighted by Crippen LogP contribution is -2.14. The standard InChI is InChI=1S/C11H13BrFNS/c1-6-2-11(14)8-3-7(12)4-10(13)9(8)5-15-6/h3-4,6,11H,2,5,14H2,1H3/t6?,11-/m0/s1. The predicted molar refractivity (Wildman–Crippen MR) is 66.4 cm³/mol. The van der Waals surface area contributed by atoms with Crippen LogP contribution < -0.4 is 5.73 Å². The van der Waals surface area contributed by atoms with Crippen LogP contribution in [0.3, 0.4) is 0 Å². The van der Waals surface area contributed by atoms with Crippen LogP contribution in [0.25, 0.3) is 0 Å². The molecule has 1 nitrogen and oxygen atoms in total. The summed E-state index contributed by atoms with van der Waals surface area (Å²) in [5, 5.41) is 0.491. The summed E-state index contributed by atoms with van der Waals surface area (Å²) in [6, 6.07) is 3.42. The van der Waals surface area contributed by atoms with Crippen molar-refractivity contribution in [3.05, 3.63) is 33.5 Å². The molecular formula is C11H13BrFNS. The summed E-state index contributed by atoms with van der Waals surface area (Å²) >= 11 is 5.08. The lowest BCUT2D eigenvalue weighted by molar-refractivity contribution is 0.600. The van der Waals surface area contributed by atoms with E-state index in [9.17, 15) is 4.39 Å². The second kappa shape index (κ2) is 4.44. The number of nitrogens with two attached hydrogens (primary N) is 1. The Bertz CT molecular complexity index is 383. The number of hydrogen-bond acceptors (Lipinski definition) is 2. The molecule has 0 saturated carbocycles. The molecule has 4 heteroatoms. The van der Waals surface area contributed by atoms with Gasteiger partial charge in [-0.3, -0.25) is 0 Å². The summed E-state index contributed by atoms with van der Waals surface area (Å²) in [4.78, 5) is 0. The van der Waals surface area contributed by atoms with Crippen LogP contribution in [0.1, 0.15) is 30.5 Å². The number of benzene rings is 1. The largest absolute Gasteiger partial charge is 0.324 e. The molecule has 0 aromatic heterocycles. The maximum Gasteiger partial charge on any atom is 0.128 e. The average Bonchev–Trinajstić information content (AvgIpc) is 2.27. The van der Waals surface area contributed by atoms with Gasteiger partial charge in [0.1, 0.15) is 5.82 Å². The molecule has 1 aliphatic heterocycles. The van der Waals surface area contributed by atoms with Gasteiger partial charge in [-0.25, -0.2) is 4.39 Å². The third-order valence-electron chi connectivity index (χ3n) is 2.69. The van der Waals surface area contributed by atoms with Crippen LogP contribution in [0.4, 0.5) is 4.39 Å². The van der Waals surface area contributed by atoms with E-state index in [0.717, 1.165) is 27.8 Å². The van der Waals surface area contributed by atoms with Crippen molar-refractivity contribution in [1.29, 1.82) is 0 Å². The van der Waals surface area contributed by atoms with Crippen LogP contribution >= 0.6 is 27.7 Å². The van der Waals surface area contributed by atoms with Gasteiger partial charge in [-0.05, 0) is 24.1 Å². The van der Waals surface area contributed by atoms with Gasteiger partial charge >= 0.3 is 0 Å². The van der Waals surface area contributed by atoms with Crippen molar-refractivity contribution in [2.45, 2.75) is 30.4 Å². The molecule has 1 aromatic carbocycles. The van der Waals surface area contributed by atoms with E-state index in [2.05, 4.69) is 22.9 Å². The summed E-state index contributed by atoms with van der Waals surface area (Å²) in [5.41, 5.74) is 7.81. The molecule has 0 amide bonds. The molecule has 1 heterocycles. The SMILES string of the molecule is CC1C[C@H](N)c2cc(Br)cc(F)c2CS1. The second-order valence-electron chi connectivity index (χ2n) is 3.92. The first-order valence-electron chi connectivity index (χ1n) is 4.93. The Morgan fingerprint density at radius 3 is 3.00 bits per heavy atom. The minimum atomic E-state index is -0.142. The smallest absolute Gasteiger partial charge is 0.128 e. The van der Waals surface area contributed by atoms with Crippen molar-refractivity contribution in [3.63, 3.8) is 0 Å². The molecule has 2 atom stereocenters. The van der Waals surface area contributed by atoms with Gasteiger partial charge < -0.3 is 5.73 Å². The zero-order valence-corrected chi connectivity index (χ0v) is 10.9. The van der Waals surface area contributed by atoms with E-state index in [1.807, 2.05) is 6.07 Å². The molecule has 2 rings (SSSR count). The van der Waals surface area contributed by atoms with Gasteiger partial charge in [0.05, 0.1) is 0 Å². The van der Waals surface area contributed by atoms with Crippen molar-refractivity contribution in [1.82, 2.24) is 0 Å². The molecule has 15 heavy (non-hydrogen) atoms. The second-order valence-corrected chi connectivity index (χ2v) is 6.26. The van der Waals surface area contributed by atoms with Crippen LogP contribution in [-0.2, 0) is 5.75 Å². The van der Waals surface area contributed by atoms with Crippen molar-refractivity contribution in [3.8, 4) is 0 Å². The molecule has 0 fully saturated rings. The van der Waals surface area contributed by atoms with Gasteiger partial charge in [0.25, 0.3) is 0 Å². The third kappa shape index (κ3) is 2.37. The summed E-state index contributed by atoms with van der Waals surface area (Å²) in [6.45, 7) is 2.14. The lowest BCUT2D eigenvalue weighted by atomic mass is 9.98. The number of thioether (sulfide) groups is 1. The minimum absolute atomic E-state index is 0.0444. The fourth-order valence-corrected chi connectivity index (χ4v) is 3.43. The van der Waals surface area contributed by atoms with E-state index in [-0.39, 0.29) is 11.9 Å². The molecular weight excluding hydrogens is 277 g/mol. The Balaban J connectivity index is 2.48. The Hall–Kier alpha value is -0.0600. The summed E-state index contributed by atoms with van der Waals surface area (Å²) in [6.07, 6.45) is 0.910. The van der Waals surface area contributed by atoms with E-state index < -0.39 is 0 Å². The van der Waals surface area contributed by atoms with Gasteiger partial charge in [-0.1, -0.05) is 22.9 Å². The summed E-state index contributed by atoms with van der Waals surface area (Å²) in [5.74, 6) is 0.583. The molecule has 0 bridgehead atoms. The van der Waals surface area contributed by atoms with E-state index in [4.69, 9.17) is 5.73 Å². The van der Waals surface area contributed by atoms with Gasteiger partial charge in [-0.15, -0.1) is 0 Å². The maximum absolute atomic E-state index is 13.7. The molecule has 1 aliphatic rings. The number of fused-ring (bicyclic) bond motifs is 1. The molecule has 1 aromatic rings. The van der Waals surface area contributed by atoms with Gasteiger partial charge in [0, 0.05) is 27.1 Å². The molecule has 2 N–H and O–H groups in total. The highest BCUT2D eigenvalue weighted by molar-refractivity contribution is 9.10. The third-order valence-corrected chi connectivity index (χ3v) is 4.37. The topological polar surface area (TPSA) is 26.0 Å². The molecule has 0 saturated heterocycles. The molecule has 0 aliphatic carbocycles. The minimum Gasteiger partial charge on any atom is -0.324 e. The lowest BCUT2D eigenvalue weighted by Gasteiger charge is -2.14. The van der Waals surface area contributed by atoms with Crippen LogP contribution in [-0.4, -0.2) is 5.25 Å². The molecule has 82 valence electrons. The van der Waals surface area contributed by atoms with Crippen LogP contribution in [0, 0.1) is 5.82 Å². The van der Waals surface area contributed by atoms with Crippen molar-refractivity contribution >= 4 is 27.7 Å². The average molecular weight is 290 g/mol. The molecule has 0 spiro atoms. The predicted octanol–water partition coefficient (Wildman–Crippen LogP) is 3.61. The van der Waals surface area contributed by atoms with Gasteiger partial charge in [0.2, 0.25) is 0 Å². The first-order valence-corrected chi connectivity index (χ1v) is 6.77. The number of rotatable bonds is 0. The quantitative estimate of drug-likeness (QED) is 0.790. The normalized spacial score (nSPS) is 25.9. The number of hydrogen-bond donors (Lipinski definition) is 1. The van der Waals surface area contributed by atoms with E-state index in [1.165, 1.54) is 6.07 Å². The van der Waals surface area contributed by atoms with Crippen LogP contribution in [0.5, 0.6) is 0 Å². The van der Waals surface area contributed by atoms with Crippen LogP contribution in [0.2, 0.25) is 0 Å². The van der Waals surface area contributed by atoms with Crippen LogP contribution in [0.15, 0.2) is 16.6 Å². The van der Waals surface area contributed by atoms with Crippen molar-refractivity contribution < 1.29 is 4.39 Å². The Morgan fingerprint density at radius 2 is 2.27 bits per heavy atom. The van der Waals surface area contributed by atoms with Gasteiger partial charge in [0.15, 0.2) is 0 Å². The van der Waals surface area contributed by atoms with Gasteiger partial charge in [-0.2, -0.15) is 11.8 Å². The van der Waals surface area contributed by atoms with E-state index in [1.54, 1.807) is 11.8 Å². The Morgan fingerprint density at radius 1 is 1.53 bits per heavy atom. The Kier molecular flexibility index (Phi) is 3.38. The first kappa shape index (κ1) is 11.4. The van der Waals surface area contributed by atoms with E-state index in [0.29, 0.717) is 5.25 Å². The molecule has 1 unspecified atom stereocenters. The highest BCUT2D eigenvalue weighted by Gasteiger charge is 2.22. The highest BCUT2D eigenvalue weighted by atomic mass is 79.9. The monoisotopic (exact) mass is 289 g/mol. The zero-order chi connectivity index (χ0) is 11.0. The fraction of sp³-hybridized carbons (Fsp3) is 0.455. The van der Waals surface area contributed by atoms with Crippen molar-refractivity contribution in [2.75, 3.05) is 0 Å². The highest BCUT2D eigenvalue weighted by Crippen LogP contribution is 2.36. The first-order chi connectivity index (χ1) is 7.08. The molecule has 0 radical (unpaired) electrons. The van der Waals surface area contributed by atoms with E-state index >= 15 is 0 Å². The zero-order valence-electron chi connectivity index (χ0n) is 8.47. The van der Waals surface area contributed by atoms with Crippen molar-refractivity contribution in [2.24, 2.45) is 5.73 Å².